The Morgan fingerprint density at radius 3 is 1.49 bits per heavy atom. The summed E-state index contributed by atoms with van der Waals surface area (Å²) in [6.45, 7) is 0. The van der Waals surface area contributed by atoms with Crippen molar-refractivity contribution in [2.24, 2.45) is 0 Å². The first kappa shape index (κ1) is 30.4. The van der Waals surface area contributed by atoms with Crippen LogP contribution in [0.25, 0.3) is 115 Å². The maximum atomic E-state index is 7.04. The predicted molar refractivity (Wildman–Crippen MR) is 230 cm³/mol. The van der Waals surface area contributed by atoms with Gasteiger partial charge in [-0.15, -0.1) is 0 Å². The van der Waals surface area contributed by atoms with Crippen molar-refractivity contribution in [3.05, 3.63) is 180 Å². The minimum Gasteiger partial charge on any atom is -0.208 e. The van der Waals surface area contributed by atoms with Crippen LogP contribution in [0.1, 0.15) is 5.56 Å². The summed E-state index contributed by atoms with van der Waals surface area (Å²) in [5.41, 5.74) is 7.27. The van der Waals surface area contributed by atoms with Crippen LogP contribution in [0.2, 0.25) is 5.02 Å². The van der Waals surface area contributed by atoms with Gasteiger partial charge in [-0.25, -0.2) is 15.0 Å². The van der Waals surface area contributed by atoms with Gasteiger partial charge >= 0.3 is 0 Å². The lowest BCUT2D eigenvalue weighted by molar-refractivity contribution is 1.07. The van der Waals surface area contributed by atoms with E-state index in [-0.39, 0.29) is 0 Å². The van der Waals surface area contributed by atoms with Crippen LogP contribution in [-0.2, 0) is 0 Å². The molecule has 4 heteroatoms. The average Bonchev–Trinajstić information content (AvgIpc) is 3.25. The normalized spacial score (nSPS) is 13.0. The summed E-state index contributed by atoms with van der Waals surface area (Å²) in [5, 5.41) is 16.0. The topological polar surface area (TPSA) is 38.7 Å². The number of benzene rings is 10. The van der Waals surface area contributed by atoms with Crippen LogP contribution in [0, 0.1) is 6.08 Å². The van der Waals surface area contributed by atoms with Gasteiger partial charge in [0.2, 0.25) is 0 Å². The van der Waals surface area contributed by atoms with E-state index in [4.69, 9.17) is 26.6 Å². The van der Waals surface area contributed by atoms with Crippen LogP contribution >= 0.6 is 11.6 Å². The highest BCUT2D eigenvalue weighted by molar-refractivity contribution is 6.46. The molecule has 1 heterocycles. The van der Waals surface area contributed by atoms with Crippen molar-refractivity contribution in [1.82, 2.24) is 15.0 Å². The summed E-state index contributed by atoms with van der Waals surface area (Å²) in [6.07, 6.45) is 11.5. The Hall–Kier alpha value is -7.03. The van der Waals surface area contributed by atoms with E-state index >= 15 is 0 Å². The summed E-state index contributed by atoms with van der Waals surface area (Å²) in [4.78, 5) is 15.0. The van der Waals surface area contributed by atoms with Crippen LogP contribution < -0.4 is 0 Å². The molecule has 0 unspecified atom stereocenters. The lowest BCUT2D eigenvalue weighted by Crippen LogP contribution is -2.00. The highest BCUT2D eigenvalue weighted by atomic mass is 35.5. The van der Waals surface area contributed by atoms with Gasteiger partial charge in [-0.2, -0.15) is 0 Å². The molecule has 0 bridgehead atoms. The maximum Gasteiger partial charge on any atom is 0.164 e. The minimum atomic E-state index is 0.573. The second kappa shape index (κ2) is 11.5. The SMILES string of the molecule is Clc1cc(-c2nc(-c3ccccc3)nc(-c3ccccc3)n2)cc(-c2cc3ccc4cc(C5=CC=[C+]C=C5)c5ccc6ccc7ccc2c2c7c6c5c4c32)c1. The van der Waals surface area contributed by atoms with Gasteiger partial charge < -0.3 is 0 Å². The lowest BCUT2D eigenvalue weighted by Gasteiger charge is -2.23. The summed E-state index contributed by atoms with van der Waals surface area (Å²) in [5.74, 6) is 1.81. The maximum absolute atomic E-state index is 7.04. The molecule has 0 N–H and O–H groups in total. The number of aromatic nitrogens is 3. The Morgan fingerprint density at radius 2 is 0.909 bits per heavy atom. The Bertz CT molecular complexity index is 3340. The van der Waals surface area contributed by atoms with E-state index in [2.05, 4.69) is 91.0 Å². The van der Waals surface area contributed by atoms with E-state index in [0.29, 0.717) is 22.5 Å². The molecule has 12 rings (SSSR count). The van der Waals surface area contributed by atoms with Crippen molar-refractivity contribution in [1.29, 1.82) is 0 Å². The molecule has 11 aromatic rings. The highest BCUT2D eigenvalue weighted by Gasteiger charge is 2.25. The zero-order valence-electron chi connectivity index (χ0n) is 29.3. The van der Waals surface area contributed by atoms with Crippen LogP contribution in [0.4, 0.5) is 0 Å². The first-order valence-electron chi connectivity index (χ1n) is 18.5. The van der Waals surface area contributed by atoms with Crippen LogP contribution in [0.5, 0.6) is 0 Å². The third-order valence-corrected chi connectivity index (χ3v) is 11.5. The van der Waals surface area contributed by atoms with E-state index in [1.54, 1.807) is 0 Å². The Labute approximate surface area is 321 Å². The number of halogens is 1. The molecule has 0 fully saturated rings. The van der Waals surface area contributed by atoms with Crippen molar-refractivity contribution in [2.75, 3.05) is 0 Å². The zero-order chi connectivity index (χ0) is 36.2. The molecule has 0 saturated carbocycles. The molecular formula is C51H27ClN3+. The van der Waals surface area contributed by atoms with Crippen molar-refractivity contribution in [3.63, 3.8) is 0 Å². The van der Waals surface area contributed by atoms with E-state index in [0.717, 1.165) is 27.8 Å². The monoisotopic (exact) mass is 716 g/mol. The van der Waals surface area contributed by atoms with E-state index in [9.17, 15) is 0 Å². The fraction of sp³-hybridized carbons (Fsp3) is 0. The standard InChI is InChI=1S/C51H27ClN3/c52-38-25-36(24-37(26-38)51-54-49(32-12-6-2-7-13-32)53-50(55-51)33-14-8-3-9-15-33)42-28-35-19-18-34-27-41(29-10-4-1-5-11-29)39-22-20-30-16-17-31-21-23-40(42)48-44(31)43(30)47(39)45(34)46(35)48/h2-28H/q+1. The molecule has 10 aromatic carbocycles. The van der Waals surface area contributed by atoms with Crippen LogP contribution in [0.15, 0.2) is 164 Å². The van der Waals surface area contributed by atoms with Crippen molar-refractivity contribution >= 4 is 81.8 Å². The Kier molecular flexibility index (Phi) is 6.35. The van der Waals surface area contributed by atoms with Gasteiger partial charge in [-0.1, -0.05) is 121 Å². The van der Waals surface area contributed by atoms with Crippen LogP contribution in [0.3, 0.4) is 0 Å². The van der Waals surface area contributed by atoms with E-state index in [1.807, 2.05) is 78.9 Å². The Balaban J connectivity index is 1.13. The minimum absolute atomic E-state index is 0.573. The van der Waals surface area contributed by atoms with Gasteiger partial charge in [0.05, 0.1) is 17.7 Å². The van der Waals surface area contributed by atoms with Crippen molar-refractivity contribution in [2.45, 2.75) is 0 Å². The third-order valence-electron chi connectivity index (χ3n) is 11.3. The molecule has 0 saturated heterocycles. The summed E-state index contributed by atoms with van der Waals surface area (Å²) in [7, 11) is 0. The third kappa shape index (κ3) is 4.52. The number of rotatable bonds is 5. The highest BCUT2D eigenvalue weighted by Crippen LogP contribution is 2.51. The molecule has 0 spiro atoms. The van der Waals surface area contributed by atoms with E-state index < -0.39 is 0 Å². The van der Waals surface area contributed by atoms with Gasteiger partial charge in [0.1, 0.15) is 12.2 Å². The summed E-state index contributed by atoms with van der Waals surface area (Å²) < 4.78 is 0. The summed E-state index contributed by atoms with van der Waals surface area (Å²) >= 11 is 7.04. The largest absolute Gasteiger partial charge is 0.208 e. The fourth-order valence-corrected chi connectivity index (χ4v) is 9.17. The number of hydrogen-bond acceptors (Lipinski definition) is 3. The summed E-state index contributed by atoms with van der Waals surface area (Å²) in [6, 6.07) is 49.4. The smallest absolute Gasteiger partial charge is 0.164 e. The zero-order valence-corrected chi connectivity index (χ0v) is 30.1. The molecule has 0 atom stereocenters. The molecule has 0 aliphatic heterocycles. The van der Waals surface area contributed by atoms with Crippen molar-refractivity contribution in [3.8, 4) is 45.3 Å². The first-order valence-corrected chi connectivity index (χ1v) is 18.8. The molecule has 252 valence electrons. The first-order chi connectivity index (χ1) is 27.2. The predicted octanol–water partition coefficient (Wildman–Crippen LogP) is 13.7. The van der Waals surface area contributed by atoms with Gasteiger partial charge in [-0.3, -0.25) is 0 Å². The molecule has 1 aliphatic carbocycles. The quantitative estimate of drug-likeness (QED) is 0.101. The number of nitrogens with zero attached hydrogens (tertiary/aromatic N) is 3. The number of hydrogen-bond donors (Lipinski definition) is 0. The molecule has 0 radical (unpaired) electrons. The average molecular weight is 717 g/mol. The van der Waals surface area contributed by atoms with E-state index in [1.165, 1.54) is 75.8 Å². The second-order valence-corrected chi connectivity index (χ2v) is 14.8. The van der Waals surface area contributed by atoms with Crippen LogP contribution in [-0.4, -0.2) is 15.0 Å². The molecule has 1 aliphatic rings. The molecular weight excluding hydrogens is 690 g/mol. The molecule has 1 aromatic heterocycles. The lowest BCUT2D eigenvalue weighted by atomic mass is 9.79. The van der Waals surface area contributed by atoms with Crippen molar-refractivity contribution < 1.29 is 0 Å². The van der Waals surface area contributed by atoms with Gasteiger partial charge in [0.15, 0.2) is 17.5 Å². The molecule has 55 heavy (non-hydrogen) atoms. The fourth-order valence-electron chi connectivity index (χ4n) is 8.94. The number of allylic oxidation sites excluding steroid dienone is 6. The van der Waals surface area contributed by atoms with Gasteiger partial charge in [-0.05, 0) is 106 Å². The van der Waals surface area contributed by atoms with Gasteiger partial charge in [0, 0.05) is 33.4 Å². The molecule has 3 nitrogen and oxygen atoms in total. The Morgan fingerprint density at radius 1 is 0.418 bits per heavy atom. The molecule has 0 amide bonds. The second-order valence-electron chi connectivity index (χ2n) is 14.4. The van der Waals surface area contributed by atoms with Gasteiger partial charge in [0.25, 0.3) is 0 Å².